The molecule has 1 aliphatic rings. The Morgan fingerprint density at radius 2 is 2.14 bits per heavy atom. The van der Waals surface area contributed by atoms with Crippen molar-refractivity contribution in [3.05, 3.63) is 29.1 Å². The normalized spacial score (nSPS) is 18.7. The maximum Gasteiger partial charge on any atom is 0.306 e. The Morgan fingerprint density at radius 1 is 1.38 bits per heavy atom. The second kappa shape index (κ2) is 5.48. The molecule has 1 saturated heterocycles. The molecule has 0 aliphatic carbocycles. The second-order valence-corrected chi connectivity index (χ2v) is 5.98. The molecule has 112 valence electrons. The van der Waals surface area contributed by atoms with Gasteiger partial charge in [0.05, 0.1) is 17.6 Å². The van der Waals surface area contributed by atoms with Crippen molar-refractivity contribution in [1.82, 2.24) is 14.9 Å². The lowest BCUT2D eigenvalue weighted by molar-refractivity contribution is -0.141. The monoisotopic (exact) mass is 287 g/mol. The first-order valence-corrected chi connectivity index (χ1v) is 7.35. The number of esters is 1. The maximum atomic E-state index is 11.1. The van der Waals surface area contributed by atoms with E-state index in [1.54, 1.807) is 0 Å². The molecular weight excluding hydrogens is 266 g/mol. The number of rotatable bonds is 4. The van der Waals surface area contributed by atoms with E-state index in [-0.39, 0.29) is 12.1 Å². The third-order valence-electron chi connectivity index (χ3n) is 4.05. The molecule has 0 radical (unpaired) electrons. The number of nitrogens with one attached hydrogen (secondary N) is 1. The summed E-state index contributed by atoms with van der Waals surface area (Å²) in [6.45, 7) is 5.68. The number of hydrogen-bond acceptors (Lipinski definition) is 4. The van der Waals surface area contributed by atoms with Gasteiger partial charge in [-0.2, -0.15) is 0 Å². The van der Waals surface area contributed by atoms with E-state index in [0.717, 1.165) is 36.4 Å². The van der Waals surface area contributed by atoms with Crippen LogP contribution in [0.4, 0.5) is 0 Å². The van der Waals surface area contributed by atoms with Crippen molar-refractivity contribution >= 4 is 17.0 Å². The van der Waals surface area contributed by atoms with E-state index >= 15 is 0 Å². The Kier molecular flexibility index (Phi) is 3.68. The first kappa shape index (κ1) is 14.1. The van der Waals surface area contributed by atoms with Gasteiger partial charge in [0.2, 0.25) is 0 Å². The van der Waals surface area contributed by atoms with Crippen molar-refractivity contribution in [3.8, 4) is 0 Å². The van der Waals surface area contributed by atoms with Crippen LogP contribution in [0.2, 0.25) is 0 Å². The highest BCUT2D eigenvalue weighted by Gasteiger charge is 2.24. The molecule has 1 aliphatic heterocycles. The Morgan fingerprint density at radius 3 is 2.86 bits per heavy atom. The number of carbonyl (C=O) groups excluding carboxylic acids is 1. The van der Waals surface area contributed by atoms with Gasteiger partial charge in [-0.3, -0.25) is 9.69 Å². The molecule has 3 rings (SSSR count). The molecule has 5 heteroatoms. The Hall–Kier alpha value is -1.88. The molecule has 0 saturated carbocycles. The number of aromatic nitrogens is 2. The Bertz CT molecular complexity index is 638. The minimum absolute atomic E-state index is 0.0244. The minimum Gasteiger partial charge on any atom is -0.461 e. The van der Waals surface area contributed by atoms with Crippen LogP contribution in [-0.2, 0) is 16.1 Å². The lowest BCUT2D eigenvalue weighted by atomic mass is 10.1. The van der Waals surface area contributed by atoms with Gasteiger partial charge in [-0.15, -0.1) is 0 Å². The quantitative estimate of drug-likeness (QED) is 0.877. The van der Waals surface area contributed by atoms with Gasteiger partial charge in [-0.1, -0.05) is 0 Å². The average molecular weight is 287 g/mol. The highest BCUT2D eigenvalue weighted by atomic mass is 16.5. The van der Waals surface area contributed by atoms with Crippen LogP contribution in [-0.4, -0.2) is 40.5 Å². The topological polar surface area (TPSA) is 58.2 Å². The summed E-state index contributed by atoms with van der Waals surface area (Å²) < 4.78 is 5.25. The molecule has 2 aromatic rings. The summed E-state index contributed by atoms with van der Waals surface area (Å²) in [4.78, 5) is 21.3. The van der Waals surface area contributed by atoms with Crippen LogP contribution in [0.3, 0.4) is 0 Å². The van der Waals surface area contributed by atoms with Crippen LogP contribution in [0.15, 0.2) is 12.1 Å². The van der Waals surface area contributed by atoms with Crippen molar-refractivity contribution in [1.29, 1.82) is 0 Å². The number of hydrogen-bond donors (Lipinski definition) is 1. The summed E-state index contributed by atoms with van der Waals surface area (Å²) in [6, 6.07) is 4.25. The zero-order valence-corrected chi connectivity index (χ0v) is 12.8. The number of imidazole rings is 1. The summed E-state index contributed by atoms with van der Waals surface area (Å²) >= 11 is 0. The zero-order chi connectivity index (χ0) is 15.0. The third-order valence-corrected chi connectivity index (χ3v) is 4.05. The van der Waals surface area contributed by atoms with Crippen LogP contribution in [0.1, 0.15) is 29.8 Å². The average Bonchev–Trinajstić information content (AvgIpc) is 2.96. The first-order valence-electron chi connectivity index (χ1n) is 7.35. The number of nitrogens with zero attached hydrogens (tertiary/aromatic N) is 2. The molecule has 0 amide bonds. The van der Waals surface area contributed by atoms with Gasteiger partial charge in [0.1, 0.15) is 11.9 Å². The summed E-state index contributed by atoms with van der Waals surface area (Å²) in [5.41, 5.74) is 4.61. The Balaban J connectivity index is 1.68. The van der Waals surface area contributed by atoms with Gasteiger partial charge in [0.25, 0.3) is 0 Å². The summed E-state index contributed by atoms with van der Waals surface area (Å²) in [6.07, 6.45) is 1.39. The number of likely N-dealkylation sites (N-methyl/N-ethyl adjacent to an activating group) is 1. The molecule has 0 bridgehead atoms. The lowest BCUT2D eigenvalue weighted by Crippen LogP contribution is -2.29. The minimum atomic E-state index is -0.0805. The van der Waals surface area contributed by atoms with Crippen molar-refractivity contribution < 1.29 is 9.53 Å². The second-order valence-electron chi connectivity index (χ2n) is 5.98. The molecule has 1 fully saturated rings. The number of fused-ring (bicyclic) bond motifs is 1. The van der Waals surface area contributed by atoms with E-state index in [4.69, 9.17) is 4.74 Å². The predicted molar refractivity (Wildman–Crippen MR) is 81.0 cm³/mol. The van der Waals surface area contributed by atoms with Gasteiger partial charge >= 0.3 is 5.97 Å². The number of carbonyl (C=O) groups is 1. The molecule has 1 atom stereocenters. The van der Waals surface area contributed by atoms with Gasteiger partial charge in [-0.05, 0) is 50.6 Å². The van der Waals surface area contributed by atoms with E-state index in [1.807, 2.05) is 7.05 Å². The van der Waals surface area contributed by atoms with E-state index in [2.05, 4.69) is 40.8 Å². The van der Waals surface area contributed by atoms with E-state index in [9.17, 15) is 4.79 Å². The molecule has 1 aromatic heterocycles. The smallest absolute Gasteiger partial charge is 0.306 e. The fourth-order valence-corrected chi connectivity index (χ4v) is 2.78. The first-order chi connectivity index (χ1) is 10.0. The van der Waals surface area contributed by atoms with E-state index < -0.39 is 0 Å². The largest absolute Gasteiger partial charge is 0.461 e. The third kappa shape index (κ3) is 3.08. The molecule has 2 heterocycles. The maximum absolute atomic E-state index is 11.1. The number of cyclic esters (lactones) is 1. The molecule has 21 heavy (non-hydrogen) atoms. The van der Waals surface area contributed by atoms with Crippen molar-refractivity contribution in [3.63, 3.8) is 0 Å². The van der Waals surface area contributed by atoms with Gasteiger partial charge < -0.3 is 9.72 Å². The SMILES string of the molecule is Cc1cc2nc(CN(C)C[C@H]3CCC(=O)O3)[nH]c2cc1C. The highest BCUT2D eigenvalue weighted by molar-refractivity contribution is 5.77. The molecule has 1 N–H and O–H groups in total. The summed E-state index contributed by atoms with van der Waals surface area (Å²) in [7, 11) is 2.02. The fraction of sp³-hybridized carbons (Fsp3) is 0.500. The number of ether oxygens (including phenoxy) is 1. The highest BCUT2D eigenvalue weighted by Crippen LogP contribution is 2.19. The zero-order valence-electron chi connectivity index (χ0n) is 12.8. The molecule has 5 nitrogen and oxygen atoms in total. The van der Waals surface area contributed by atoms with Crippen LogP contribution >= 0.6 is 0 Å². The molecule has 0 spiro atoms. The predicted octanol–water partition coefficient (Wildman–Crippen LogP) is 2.32. The van der Waals surface area contributed by atoms with Crippen LogP contribution in [0.5, 0.6) is 0 Å². The molecular formula is C16H21N3O2. The number of H-pyrrole nitrogens is 1. The standard InChI is InChI=1S/C16H21N3O2/c1-10-6-13-14(7-11(10)2)18-15(17-13)9-19(3)8-12-4-5-16(20)21-12/h6-7,12H,4-5,8-9H2,1-3H3,(H,17,18)/t12-/m1/s1. The van der Waals surface area contributed by atoms with E-state index in [1.165, 1.54) is 11.1 Å². The van der Waals surface area contributed by atoms with Crippen molar-refractivity contribution in [2.75, 3.05) is 13.6 Å². The van der Waals surface area contributed by atoms with Crippen molar-refractivity contribution in [2.45, 2.75) is 39.3 Å². The molecule has 0 unspecified atom stereocenters. The van der Waals surface area contributed by atoms with Crippen molar-refractivity contribution in [2.24, 2.45) is 0 Å². The van der Waals surface area contributed by atoms with Crippen LogP contribution < -0.4 is 0 Å². The van der Waals surface area contributed by atoms with E-state index in [0.29, 0.717) is 6.42 Å². The number of aryl methyl sites for hydroxylation is 2. The fourth-order valence-electron chi connectivity index (χ4n) is 2.78. The van der Waals surface area contributed by atoms with Gasteiger partial charge in [0.15, 0.2) is 0 Å². The molecule has 1 aromatic carbocycles. The van der Waals surface area contributed by atoms with Crippen LogP contribution in [0.25, 0.3) is 11.0 Å². The van der Waals surface area contributed by atoms with Gasteiger partial charge in [-0.25, -0.2) is 4.98 Å². The van der Waals surface area contributed by atoms with Gasteiger partial charge in [0, 0.05) is 13.0 Å². The summed E-state index contributed by atoms with van der Waals surface area (Å²) in [5, 5.41) is 0. The number of benzene rings is 1. The Labute approximate surface area is 124 Å². The summed E-state index contributed by atoms with van der Waals surface area (Å²) in [5.74, 6) is 0.866. The number of aromatic amines is 1. The van der Waals surface area contributed by atoms with Crippen LogP contribution in [0, 0.1) is 13.8 Å². The lowest BCUT2D eigenvalue weighted by Gasteiger charge is -2.18.